The predicted octanol–water partition coefficient (Wildman–Crippen LogP) is 3.14. The highest BCUT2D eigenvalue weighted by Crippen LogP contribution is 2.14. The summed E-state index contributed by atoms with van der Waals surface area (Å²) in [6.07, 6.45) is 13.7. The molecule has 0 aliphatic carbocycles. The lowest BCUT2D eigenvalue weighted by molar-refractivity contribution is -0.117. The van der Waals surface area contributed by atoms with Gasteiger partial charge < -0.3 is 15.4 Å². The van der Waals surface area contributed by atoms with E-state index in [9.17, 15) is 4.79 Å². The van der Waals surface area contributed by atoms with E-state index in [0.29, 0.717) is 12.5 Å². The number of carbonyl (C=O) groups is 1. The Kier molecular flexibility index (Phi) is 11.6. The summed E-state index contributed by atoms with van der Waals surface area (Å²) in [5.41, 5.74) is 5.29. The van der Waals surface area contributed by atoms with Crippen molar-refractivity contribution >= 4 is 5.78 Å². The highest BCUT2D eigenvalue weighted by molar-refractivity contribution is 5.80. The zero-order chi connectivity index (χ0) is 16.0. The molecule has 0 unspecified atom stereocenters. The molecule has 0 saturated carbocycles. The average Bonchev–Trinajstić information content (AvgIpc) is 2.56. The van der Waals surface area contributed by atoms with Crippen LogP contribution in [0.25, 0.3) is 0 Å². The molecule has 0 spiro atoms. The molecule has 0 radical (unpaired) electrons. The summed E-state index contributed by atoms with van der Waals surface area (Å²) in [5.74, 6) is 0.203. The number of unbranched alkanes of at least 4 members (excludes halogenated alkanes) is 7. The lowest BCUT2D eigenvalue weighted by Gasteiger charge is -2.31. The minimum atomic E-state index is 0.203. The lowest BCUT2D eigenvalue weighted by Crippen LogP contribution is -2.37. The van der Waals surface area contributed by atoms with Crippen molar-refractivity contribution < 1.29 is 9.53 Å². The van der Waals surface area contributed by atoms with Gasteiger partial charge in [-0.2, -0.15) is 0 Å². The van der Waals surface area contributed by atoms with Gasteiger partial charge in [-0.15, -0.1) is 0 Å². The van der Waals surface area contributed by atoms with E-state index in [-0.39, 0.29) is 12.3 Å². The van der Waals surface area contributed by atoms with Crippen LogP contribution in [0.5, 0.6) is 0 Å². The normalized spacial score (nSPS) is 17.0. The molecule has 1 saturated heterocycles. The minimum absolute atomic E-state index is 0.203. The maximum Gasteiger partial charge on any atom is 0.146 e. The summed E-state index contributed by atoms with van der Waals surface area (Å²) in [5, 5.41) is 0. The third kappa shape index (κ3) is 9.54. The number of ether oxygens (including phenoxy) is 1. The van der Waals surface area contributed by atoms with Crippen LogP contribution in [-0.2, 0) is 9.53 Å². The first-order valence-electron chi connectivity index (χ1n) is 9.23. The number of nitrogens with zero attached hydrogens (tertiary/aromatic N) is 1. The third-order valence-electron chi connectivity index (χ3n) is 4.78. The first-order chi connectivity index (χ1) is 10.8. The van der Waals surface area contributed by atoms with Gasteiger partial charge in [-0.1, -0.05) is 38.5 Å². The second kappa shape index (κ2) is 13.0. The average molecular weight is 312 g/mol. The number of carbonyl (C=O) groups excluding carboxylic acids is 1. The first-order valence-corrected chi connectivity index (χ1v) is 9.23. The van der Waals surface area contributed by atoms with Crippen LogP contribution >= 0.6 is 0 Å². The molecule has 2 N–H and O–H groups in total. The first kappa shape index (κ1) is 19.6. The van der Waals surface area contributed by atoms with Crippen molar-refractivity contribution in [3.63, 3.8) is 0 Å². The van der Waals surface area contributed by atoms with Gasteiger partial charge in [0.1, 0.15) is 5.78 Å². The molecular weight excluding hydrogens is 276 g/mol. The van der Waals surface area contributed by atoms with Crippen molar-refractivity contribution in [1.82, 2.24) is 4.90 Å². The largest absolute Gasteiger partial charge is 0.381 e. The molecule has 0 atom stereocenters. The molecule has 4 heteroatoms. The molecule has 130 valence electrons. The maximum absolute atomic E-state index is 11.0. The summed E-state index contributed by atoms with van der Waals surface area (Å²) >= 11 is 0. The molecule has 1 rings (SSSR count). The molecular formula is C18H36N2O2. The Balaban J connectivity index is 1.79. The Morgan fingerprint density at radius 1 is 1.00 bits per heavy atom. The predicted molar refractivity (Wildman–Crippen MR) is 92.1 cm³/mol. The minimum Gasteiger partial charge on any atom is -0.381 e. The zero-order valence-corrected chi connectivity index (χ0v) is 14.5. The number of ketones is 1. The number of methoxy groups -OCH3 is 1. The van der Waals surface area contributed by atoms with Crippen molar-refractivity contribution in [1.29, 1.82) is 0 Å². The number of Topliss-reactive ketones (excluding diaryl/α,β-unsaturated/α-hetero) is 1. The lowest BCUT2D eigenvalue weighted by atomic mass is 10.0. The van der Waals surface area contributed by atoms with Crippen LogP contribution in [0.1, 0.15) is 70.6 Å². The van der Waals surface area contributed by atoms with Gasteiger partial charge in [0.05, 0.1) is 12.6 Å². The zero-order valence-electron chi connectivity index (χ0n) is 14.5. The number of hydrogen-bond acceptors (Lipinski definition) is 4. The number of piperidine rings is 1. The Morgan fingerprint density at radius 3 is 2.09 bits per heavy atom. The molecule has 4 nitrogen and oxygen atoms in total. The van der Waals surface area contributed by atoms with Gasteiger partial charge in [0, 0.05) is 26.6 Å². The maximum atomic E-state index is 11.0. The molecule has 0 aromatic carbocycles. The van der Waals surface area contributed by atoms with Gasteiger partial charge in [-0.05, 0) is 32.2 Å². The van der Waals surface area contributed by atoms with E-state index in [0.717, 1.165) is 6.42 Å². The van der Waals surface area contributed by atoms with Crippen LogP contribution in [0.3, 0.4) is 0 Å². The van der Waals surface area contributed by atoms with Crippen molar-refractivity contribution in [2.75, 3.05) is 33.3 Å². The highest BCUT2D eigenvalue weighted by Gasteiger charge is 2.17. The Morgan fingerprint density at radius 2 is 1.55 bits per heavy atom. The van der Waals surface area contributed by atoms with Crippen LogP contribution in [0.4, 0.5) is 0 Å². The van der Waals surface area contributed by atoms with Crippen LogP contribution in [-0.4, -0.2) is 50.1 Å². The second-order valence-corrected chi connectivity index (χ2v) is 6.60. The third-order valence-corrected chi connectivity index (χ3v) is 4.78. The fraction of sp³-hybridized carbons (Fsp3) is 0.944. The Hall–Kier alpha value is -0.450. The van der Waals surface area contributed by atoms with E-state index in [2.05, 4.69) is 4.90 Å². The molecule has 1 heterocycles. The van der Waals surface area contributed by atoms with Crippen LogP contribution in [0.15, 0.2) is 0 Å². The van der Waals surface area contributed by atoms with Crippen molar-refractivity contribution in [3.8, 4) is 0 Å². The molecule has 0 aromatic rings. The Bertz CT molecular complexity index is 276. The topological polar surface area (TPSA) is 55.6 Å². The van der Waals surface area contributed by atoms with E-state index in [1.807, 2.05) is 7.11 Å². The monoisotopic (exact) mass is 312 g/mol. The Labute approximate surface area is 136 Å². The van der Waals surface area contributed by atoms with Gasteiger partial charge >= 0.3 is 0 Å². The van der Waals surface area contributed by atoms with E-state index in [1.54, 1.807) is 0 Å². The van der Waals surface area contributed by atoms with Gasteiger partial charge in [0.2, 0.25) is 0 Å². The van der Waals surface area contributed by atoms with Gasteiger partial charge in [-0.3, -0.25) is 4.79 Å². The fourth-order valence-corrected chi connectivity index (χ4v) is 3.19. The van der Waals surface area contributed by atoms with Crippen LogP contribution in [0.2, 0.25) is 0 Å². The number of hydrogen-bond donors (Lipinski definition) is 1. The fourth-order valence-electron chi connectivity index (χ4n) is 3.19. The van der Waals surface area contributed by atoms with Crippen molar-refractivity contribution in [3.05, 3.63) is 0 Å². The summed E-state index contributed by atoms with van der Waals surface area (Å²) in [4.78, 5) is 13.6. The molecule has 1 aliphatic rings. The van der Waals surface area contributed by atoms with Gasteiger partial charge in [0.15, 0.2) is 0 Å². The summed E-state index contributed by atoms with van der Waals surface area (Å²) in [7, 11) is 1.83. The standard InChI is InChI=1S/C18H36N2O2/c1-22-18-11-14-20(15-12-18)13-9-7-5-3-2-4-6-8-10-17(21)16-19/h18H,2-16,19H2,1H3. The van der Waals surface area contributed by atoms with Crippen molar-refractivity contribution in [2.45, 2.75) is 76.7 Å². The second-order valence-electron chi connectivity index (χ2n) is 6.60. The number of rotatable bonds is 13. The number of likely N-dealkylation sites (tertiary alicyclic amines) is 1. The van der Waals surface area contributed by atoms with Crippen molar-refractivity contribution in [2.24, 2.45) is 5.73 Å². The van der Waals surface area contributed by atoms with E-state index < -0.39 is 0 Å². The summed E-state index contributed by atoms with van der Waals surface area (Å²) in [6, 6.07) is 0. The molecule has 22 heavy (non-hydrogen) atoms. The summed E-state index contributed by atoms with van der Waals surface area (Å²) < 4.78 is 5.41. The molecule has 0 amide bonds. The van der Waals surface area contributed by atoms with Crippen LogP contribution < -0.4 is 5.73 Å². The summed E-state index contributed by atoms with van der Waals surface area (Å²) in [6.45, 7) is 3.89. The quantitative estimate of drug-likeness (QED) is 0.531. The SMILES string of the molecule is COC1CCN(CCCCCCCCCCC(=O)CN)CC1. The van der Waals surface area contributed by atoms with E-state index in [4.69, 9.17) is 10.5 Å². The van der Waals surface area contributed by atoms with Crippen LogP contribution in [0, 0.1) is 0 Å². The number of nitrogens with two attached hydrogens (primary N) is 1. The van der Waals surface area contributed by atoms with E-state index in [1.165, 1.54) is 77.4 Å². The van der Waals surface area contributed by atoms with Gasteiger partial charge in [-0.25, -0.2) is 0 Å². The molecule has 0 bridgehead atoms. The molecule has 0 aromatic heterocycles. The highest BCUT2D eigenvalue weighted by atomic mass is 16.5. The molecule has 1 fully saturated rings. The van der Waals surface area contributed by atoms with Gasteiger partial charge in [0.25, 0.3) is 0 Å². The molecule has 1 aliphatic heterocycles. The van der Waals surface area contributed by atoms with E-state index >= 15 is 0 Å². The smallest absolute Gasteiger partial charge is 0.146 e.